The number of morpholine rings is 1. The fraction of sp³-hybridized carbons (Fsp3) is 0.524. The van der Waals surface area contributed by atoms with Crippen LogP contribution >= 0.6 is 0 Å². The molecule has 0 atom stereocenters. The first-order chi connectivity index (χ1) is 13.7. The Morgan fingerprint density at radius 3 is 2.43 bits per heavy atom. The Morgan fingerprint density at radius 1 is 1.00 bits per heavy atom. The third-order valence-corrected chi connectivity index (χ3v) is 5.47. The van der Waals surface area contributed by atoms with Gasteiger partial charge in [-0.15, -0.1) is 0 Å². The zero-order valence-electron chi connectivity index (χ0n) is 16.5. The third-order valence-electron chi connectivity index (χ3n) is 5.47. The van der Waals surface area contributed by atoms with Crippen molar-refractivity contribution in [3.8, 4) is 11.5 Å². The van der Waals surface area contributed by atoms with Gasteiger partial charge in [0.2, 0.25) is 11.8 Å². The molecule has 2 aliphatic rings. The number of carbonyl (C=O) groups is 1. The highest BCUT2D eigenvalue weighted by atomic mass is 16.5. The lowest BCUT2D eigenvalue weighted by atomic mass is 10.2. The normalized spacial score (nSPS) is 19.1. The number of ether oxygens (including phenoxy) is 1. The topological polar surface area (TPSA) is 62.1 Å². The third kappa shape index (κ3) is 4.60. The molecule has 0 aliphatic carbocycles. The molecule has 7 nitrogen and oxygen atoms in total. The number of amides is 1. The summed E-state index contributed by atoms with van der Waals surface area (Å²) < 4.78 is 11.2. The van der Waals surface area contributed by atoms with E-state index in [-0.39, 0.29) is 5.91 Å². The van der Waals surface area contributed by atoms with E-state index < -0.39 is 0 Å². The monoisotopic (exact) mass is 384 g/mol. The van der Waals surface area contributed by atoms with Crippen LogP contribution in [0.15, 0.2) is 34.7 Å². The molecule has 2 fully saturated rings. The van der Waals surface area contributed by atoms with E-state index in [0.717, 1.165) is 76.0 Å². The van der Waals surface area contributed by atoms with Crippen LogP contribution in [0.3, 0.4) is 0 Å². The molecule has 1 aromatic carbocycles. The molecule has 7 heteroatoms. The fourth-order valence-corrected chi connectivity index (χ4v) is 3.70. The quantitative estimate of drug-likeness (QED) is 0.781. The van der Waals surface area contributed by atoms with Crippen LogP contribution in [0.4, 0.5) is 0 Å². The summed E-state index contributed by atoms with van der Waals surface area (Å²) in [6, 6.07) is 9.98. The predicted octanol–water partition coefficient (Wildman–Crippen LogP) is 1.63. The van der Waals surface area contributed by atoms with Crippen molar-refractivity contribution in [2.24, 2.45) is 0 Å². The first-order valence-electron chi connectivity index (χ1n) is 10.0. The van der Waals surface area contributed by atoms with E-state index >= 15 is 0 Å². The highest BCUT2D eigenvalue weighted by molar-refractivity contribution is 5.78. The summed E-state index contributed by atoms with van der Waals surface area (Å²) in [5.74, 6) is 1.77. The Labute approximate surface area is 165 Å². The minimum atomic E-state index is 0.227. The van der Waals surface area contributed by atoms with Gasteiger partial charge in [-0.2, -0.15) is 0 Å². The van der Waals surface area contributed by atoms with Crippen LogP contribution in [0.2, 0.25) is 0 Å². The van der Waals surface area contributed by atoms with E-state index in [1.54, 1.807) is 0 Å². The van der Waals surface area contributed by atoms with Crippen LogP contribution in [0.25, 0.3) is 11.5 Å². The maximum absolute atomic E-state index is 12.5. The second-order valence-electron chi connectivity index (χ2n) is 7.43. The Balaban J connectivity index is 1.29. The molecular weight excluding hydrogens is 356 g/mol. The summed E-state index contributed by atoms with van der Waals surface area (Å²) in [5.41, 5.74) is 1.97. The second kappa shape index (κ2) is 8.86. The number of benzene rings is 1. The van der Waals surface area contributed by atoms with E-state index in [0.29, 0.717) is 12.4 Å². The van der Waals surface area contributed by atoms with Crippen LogP contribution < -0.4 is 0 Å². The van der Waals surface area contributed by atoms with E-state index in [1.807, 2.05) is 42.2 Å². The van der Waals surface area contributed by atoms with Crippen LogP contribution in [0, 0.1) is 6.92 Å². The summed E-state index contributed by atoms with van der Waals surface area (Å²) in [6.07, 6.45) is 0. The molecular formula is C21H28N4O3. The van der Waals surface area contributed by atoms with E-state index in [9.17, 15) is 4.79 Å². The minimum absolute atomic E-state index is 0.227. The van der Waals surface area contributed by atoms with Gasteiger partial charge in [0.25, 0.3) is 0 Å². The molecule has 0 unspecified atom stereocenters. The summed E-state index contributed by atoms with van der Waals surface area (Å²) in [5, 5.41) is 0. The lowest BCUT2D eigenvalue weighted by molar-refractivity contribution is -0.135. The lowest BCUT2D eigenvalue weighted by Gasteiger charge is -2.36. The Kier molecular flexibility index (Phi) is 6.04. The van der Waals surface area contributed by atoms with Crippen molar-refractivity contribution < 1.29 is 13.9 Å². The molecule has 2 aromatic rings. The number of nitrogens with zero attached hydrogens (tertiary/aromatic N) is 4. The number of hydrogen-bond donors (Lipinski definition) is 0. The van der Waals surface area contributed by atoms with Crippen molar-refractivity contribution in [3.05, 3.63) is 41.8 Å². The molecule has 0 spiro atoms. The van der Waals surface area contributed by atoms with Crippen molar-refractivity contribution in [1.29, 1.82) is 0 Å². The molecule has 1 amide bonds. The largest absolute Gasteiger partial charge is 0.441 e. The van der Waals surface area contributed by atoms with Crippen LogP contribution in [0.5, 0.6) is 0 Å². The van der Waals surface area contributed by atoms with Crippen LogP contribution in [0.1, 0.15) is 11.5 Å². The summed E-state index contributed by atoms with van der Waals surface area (Å²) in [4.78, 5) is 23.8. The molecule has 0 bridgehead atoms. The predicted molar refractivity (Wildman–Crippen MR) is 106 cm³/mol. The number of hydrogen-bond acceptors (Lipinski definition) is 6. The molecule has 2 saturated heterocycles. The van der Waals surface area contributed by atoms with Crippen molar-refractivity contribution in [2.45, 2.75) is 13.5 Å². The summed E-state index contributed by atoms with van der Waals surface area (Å²) in [7, 11) is 0. The van der Waals surface area contributed by atoms with Crippen molar-refractivity contribution in [3.63, 3.8) is 0 Å². The van der Waals surface area contributed by atoms with E-state index in [1.165, 1.54) is 0 Å². The van der Waals surface area contributed by atoms with Crippen molar-refractivity contribution in [2.75, 3.05) is 59.0 Å². The SMILES string of the molecule is Cc1oc(-c2ccccc2)nc1CN1CCN(C(=O)CN2CCOCC2)CC1. The summed E-state index contributed by atoms with van der Waals surface area (Å²) in [6.45, 7) is 9.64. The average Bonchev–Trinajstić information content (AvgIpc) is 3.10. The van der Waals surface area contributed by atoms with Gasteiger partial charge >= 0.3 is 0 Å². The van der Waals surface area contributed by atoms with E-state index in [4.69, 9.17) is 14.1 Å². The smallest absolute Gasteiger partial charge is 0.236 e. The number of carbonyl (C=O) groups excluding carboxylic acids is 1. The van der Waals surface area contributed by atoms with Gasteiger partial charge in [0.15, 0.2) is 0 Å². The molecule has 0 N–H and O–H groups in total. The number of piperazine rings is 1. The Bertz CT molecular complexity index is 778. The number of oxazole rings is 1. The highest BCUT2D eigenvalue weighted by Crippen LogP contribution is 2.22. The molecule has 28 heavy (non-hydrogen) atoms. The van der Waals surface area contributed by atoms with Gasteiger partial charge < -0.3 is 14.1 Å². The van der Waals surface area contributed by atoms with Gasteiger partial charge in [-0.1, -0.05) is 18.2 Å². The second-order valence-corrected chi connectivity index (χ2v) is 7.43. The first-order valence-corrected chi connectivity index (χ1v) is 10.0. The fourth-order valence-electron chi connectivity index (χ4n) is 3.70. The van der Waals surface area contributed by atoms with Gasteiger partial charge in [-0.05, 0) is 19.1 Å². The molecule has 2 aliphatic heterocycles. The molecule has 150 valence electrons. The van der Waals surface area contributed by atoms with Crippen LogP contribution in [-0.4, -0.2) is 84.6 Å². The molecule has 0 radical (unpaired) electrons. The lowest BCUT2D eigenvalue weighted by Crippen LogP contribution is -2.52. The Hall–Kier alpha value is -2.22. The summed E-state index contributed by atoms with van der Waals surface area (Å²) >= 11 is 0. The maximum Gasteiger partial charge on any atom is 0.236 e. The Morgan fingerprint density at radius 2 is 1.71 bits per heavy atom. The zero-order chi connectivity index (χ0) is 19.3. The molecule has 0 saturated carbocycles. The molecule has 4 rings (SSSR count). The number of rotatable bonds is 5. The van der Waals surface area contributed by atoms with E-state index in [2.05, 4.69) is 9.80 Å². The van der Waals surface area contributed by atoms with Crippen LogP contribution in [-0.2, 0) is 16.1 Å². The number of aryl methyl sites for hydroxylation is 1. The standard InChI is InChI=1S/C21H28N4O3/c1-17-19(22-21(28-17)18-5-3-2-4-6-18)15-23-7-9-25(10-8-23)20(26)16-24-11-13-27-14-12-24/h2-6H,7-16H2,1H3. The van der Waals surface area contributed by atoms with Gasteiger partial charge in [0.05, 0.1) is 25.5 Å². The first kappa shape index (κ1) is 19.1. The van der Waals surface area contributed by atoms with Crippen molar-refractivity contribution in [1.82, 2.24) is 19.7 Å². The van der Waals surface area contributed by atoms with Gasteiger partial charge in [-0.25, -0.2) is 4.98 Å². The zero-order valence-corrected chi connectivity index (χ0v) is 16.5. The average molecular weight is 384 g/mol. The highest BCUT2D eigenvalue weighted by Gasteiger charge is 2.24. The molecule has 1 aromatic heterocycles. The van der Waals surface area contributed by atoms with Gasteiger partial charge in [0, 0.05) is 51.4 Å². The maximum atomic E-state index is 12.5. The number of aromatic nitrogens is 1. The van der Waals surface area contributed by atoms with Gasteiger partial charge in [-0.3, -0.25) is 14.6 Å². The van der Waals surface area contributed by atoms with Crippen molar-refractivity contribution >= 4 is 5.91 Å². The molecule has 3 heterocycles. The minimum Gasteiger partial charge on any atom is -0.441 e. The van der Waals surface area contributed by atoms with Gasteiger partial charge in [0.1, 0.15) is 5.76 Å².